The smallest absolute Gasteiger partial charge is 0.164 e. The maximum absolute atomic E-state index is 6.67. The Morgan fingerprint density at radius 2 is 1.14 bits per heavy atom. The molecule has 1 aliphatic heterocycles. The lowest BCUT2D eigenvalue weighted by molar-refractivity contribution is 0.271. The Bertz CT molecular complexity index is 2040. The third-order valence-electron chi connectivity index (χ3n) is 7.97. The number of nitrogens with zero attached hydrogens (tertiary/aromatic N) is 3. The van der Waals surface area contributed by atoms with Gasteiger partial charge in [0.2, 0.25) is 0 Å². The molecule has 8 rings (SSSR count). The van der Waals surface area contributed by atoms with Crippen molar-refractivity contribution in [1.29, 1.82) is 0 Å². The number of ether oxygens (including phenoxy) is 1. The Kier molecular flexibility index (Phi) is 5.94. The quantitative estimate of drug-likeness (QED) is 0.215. The largest absolute Gasteiger partial charge is 0.485 e. The van der Waals surface area contributed by atoms with Crippen molar-refractivity contribution in [3.05, 3.63) is 150 Å². The molecule has 2 unspecified atom stereocenters. The maximum Gasteiger partial charge on any atom is 0.164 e. The molecule has 0 bridgehead atoms. The van der Waals surface area contributed by atoms with Crippen molar-refractivity contribution in [3.63, 3.8) is 0 Å². The molecular formula is C37H24ClN3O. The van der Waals surface area contributed by atoms with E-state index in [-0.39, 0.29) is 12.0 Å². The van der Waals surface area contributed by atoms with Gasteiger partial charge in [-0.15, -0.1) is 0 Å². The van der Waals surface area contributed by atoms with Crippen LogP contribution in [0.15, 0.2) is 139 Å². The summed E-state index contributed by atoms with van der Waals surface area (Å²) in [6.45, 7) is 0. The lowest BCUT2D eigenvalue weighted by Crippen LogP contribution is -2.21. The molecule has 2 heterocycles. The summed E-state index contributed by atoms with van der Waals surface area (Å²) in [6, 6.07) is 41.4. The maximum atomic E-state index is 6.67. The van der Waals surface area contributed by atoms with E-state index < -0.39 is 0 Å². The highest BCUT2D eigenvalue weighted by Crippen LogP contribution is 2.49. The molecule has 200 valence electrons. The van der Waals surface area contributed by atoms with Crippen molar-refractivity contribution < 1.29 is 4.74 Å². The van der Waals surface area contributed by atoms with Crippen LogP contribution in [0.5, 0.6) is 5.75 Å². The number of rotatable bonds is 4. The molecule has 5 heteroatoms. The van der Waals surface area contributed by atoms with Gasteiger partial charge in [0.05, 0.1) is 5.92 Å². The molecule has 5 aromatic carbocycles. The SMILES string of the molecule is ClC1=CC2Oc3ccccc3C2C(c2nc(-c3ccccc3)nc(-c3ccc(-c4ccccc4)c4ccccc34)n2)=C1. The van der Waals surface area contributed by atoms with Gasteiger partial charge in [-0.3, -0.25) is 0 Å². The van der Waals surface area contributed by atoms with Crippen LogP contribution < -0.4 is 4.74 Å². The van der Waals surface area contributed by atoms with Gasteiger partial charge < -0.3 is 4.74 Å². The van der Waals surface area contributed by atoms with Crippen LogP contribution in [-0.2, 0) is 0 Å². The molecular weight excluding hydrogens is 538 g/mol. The fraction of sp³-hybridized carbons (Fsp3) is 0.0541. The molecule has 0 saturated heterocycles. The molecule has 0 saturated carbocycles. The van der Waals surface area contributed by atoms with Gasteiger partial charge in [-0.25, -0.2) is 15.0 Å². The van der Waals surface area contributed by atoms with Crippen molar-refractivity contribution in [3.8, 4) is 39.7 Å². The van der Waals surface area contributed by atoms with Crippen LogP contribution in [0.2, 0.25) is 0 Å². The van der Waals surface area contributed by atoms with Crippen molar-refractivity contribution in [2.75, 3.05) is 0 Å². The van der Waals surface area contributed by atoms with E-state index in [9.17, 15) is 0 Å². The molecule has 4 nitrogen and oxygen atoms in total. The molecule has 0 fully saturated rings. The summed E-state index contributed by atoms with van der Waals surface area (Å²) >= 11 is 6.67. The second-order valence-electron chi connectivity index (χ2n) is 10.5. The van der Waals surface area contributed by atoms with Gasteiger partial charge in [0, 0.05) is 27.3 Å². The van der Waals surface area contributed by atoms with Crippen molar-refractivity contribution in [2.24, 2.45) is 0 Å². The molecule has 0 N–H and O–H groups in total. The molecule has 6 aromatic rings. The van der Waals surface area contributed by atoms with E-state index in [2.05, 4.69) is 66.7 Å². The molecule has 1 aliphatic carbocycles. The number of fused-ring (bicyclic) bond motifs is 4. The molecule has 0 amide bonds. The van der Waals surface area contributed by atoms with E-state index in [1.165, 1.54) is 11.1 Å². The zero-order valence-electron chi connectivity index (χ0n) is 22.5. The highest BCUT2D eigenvalue weighted by molar-refractivity contribution is 6.32. The average Bonchev–Trinajstić information content (AvgIpc) is 3.42. The first-order valence-corrected chi connectivity index (χ1v) is 14.3. The first kappa shape index (κ1) is 24.7. The fourth-order valence-electron chi connectivity index (χ4n) is 6.06. The summed E-state index contributed by atoms with van der Waals surface area (Å²) in [7, 11) is 0. The van der Waals surface area contributed by atoms with Crippen LogP contribution in [0, 0.1) is 0 Å². The van der Waals surface area contributed by atoms with Gasteiger partial charge in [-0.1, -0.05) is 121 Å². The molecule has 0 spiro atoms. The number of allylic oxidation sites excluding steroid dienone is 2. The summed E-state index contributed by atoms with van der Waals surface area (Å²) in [6.07, 6.45) is 3.71. The first-order valence-electron chi connectivity index (χ1n) is 14.0. The Balaban J connectivity index is 1.35. The van der Waals surface area contributed by atoms with Crippen LogP contribution in [0.1, 0.15) is 17.3 Å². The monoisotopic (exact) mass is 561 g/mol. The summed E-state index contributed by atoms with van der Waals surface area (Å²) in [5, 5.41) is 2.84. The van der Waals surface area contributed by atoms with Crippen LogP contribution in [0.25, 0.3) is 50.2 Å². The average molecular weight is 562 g/mol. The van der Waals surface area contributed by atoms with E-state index in [4.69, 9.17) is 31.3 Å². The fourth-order valence-corrected chi connectivity index (χ4v) is 6.31. The lowest BCUT2D eigenvalue weighted by Gasteiger charge is -2.23. The number of hydrogen-bond donors (Lipinski definition) is 0. The topological polar surface area (TPSA) is 47.9 Å². The van der Waals surface area contributed by atoms with Crippen LogP contribution in [0.3, 0.4) is 0 Å². The summed E-state index contributed by atoms with van der Waals surface area (Å²) < 4.78 is 6.30. The summed E-state index contributed by atoms with van der Waals surface area (Å²) in [5.41, 5.74) is 6.23. The van der Waals surface area contributed by atoms with Crippen LogP contribution in [0.4, 0.5) is 0 Å². The van der Waals surface area contributed by atoms with Gasteiger partial charge in [0.1, 0.15) is 11.9 Å². The van der Waals surface area contributed by atoms with Gasteiger partial charge >= 0.3 is 0 Å². The van der Waals surface area contributed by atoms with E-state index in [1.807, 2.05) is 66.7 Å². The number of hydrogen-bond acceptors (Lipinski definition) is 4. The van der Waals surface area contributed by atoms with E-state index in [0.717, 1.165) is 38.8 Å². The van der Waals surface area contributed by atoms with Gasteiger partial charge in [-0.2, -0.15) is 0 Å². The lowest BCUT2D eigenvalue weighted by atomic mass is 9.84. The third-order valence-corrected chi connectivity index (χ3v) is 8.21. The molecule has 1 aromatic heterocycles. The second kappa shape index (κ2) is 10.1. The minimum Gasteiger partial charge on any atom is -0.485 e. The second-order valence-corrected chi connectivity index (χ2v) is 10.9. The minimum atomic E-state index is -0.221. The Hall–Kier alpha value is -5.06. The van der Waals surface area contributed by atoms with Crippen LogP contribution in [-0.4, -0.2) is 21.1 Å². The van der Waals surface area contributed by atoms with Crippen molar-refractivity contribution >= 4 is 27.9 Å². The predicted octanol–water partition coefficient (Wildman–Crippen LogP) is 9.09. The Labute approximate surface area is 248 Å². The van der Waals surface area contributed by atoms with E-state index >= 15 is 0 Å². The molecule has 2 aliphatic rings. The summed E-state index contributed by atoms with van der Waals surface area (Å²) in [4.78, 5) is 15.2. The standard InChI is InChI=1S/C37H24ClN3O/c38-25-21-31(34-30-17-9-10-18-32(30)42-33(34)22-25)37-40-35(24-13-5-2-6-14-24)39-36(41-37)29-20-19-26(23-11-3-1-4-12-23)27-15-7-8-16-28(27)29/h1-22,33-34H. The predicted molar refractivity (Wildman–Crippen MR) is 169 cm³/mol. The highest BCUT2D eigenvalue weighted by atomic mass is 35.5. The number of aromatic nitrogens is 3. The normalized spacial score (nSPS) is 17.2. The number of halogens is 1. The Morgan fingerprint density at radius 1 is 0.548 bits per heavy atom. The van der Waals surface area contributed by atoms with E-state index in [0.29, 0.717) is 22.5 Å². The van der Waals surface area contributed by atoms with Crippen molar-refractivity contribution in [2.45, 2.75) is 12.0 Å². The summed E-state index contributed by atoms with van der Waals surface area (Å²) in [5.74, 6) is 2.62. The molecule has 2 atom stereocenters. The van der Waals surface area contributed by atoms with Crippen molar-refractivity contribution in [1.82, 2.24) is 15.0 Å². The van der Waals surface area contributed by atoms with Gasteiger partial charge in [0.25, 0.3) is 0 Å². The zero-order chi connectivity index (χ0) is 28.0. The van der Waals surface area contributed by atoms with E-state index in [1.54, 1.807) is 0 Å². The molecule has 0 radical (unpaired) electrons. The van der Waals surface area contributed by atoms with Gasteiger partial charge in [0.15, 0.2) is 17.5 Å². The third kappa shape index (κ3) is 4.20. The minimum absolute atomic E-state index is 0.0697. The Morgan fingerprint density at radius 3 is 1.93 bits per heavy atom. The first-order chi connectivity index (χ1) is 20.7. The zero-order valence-corrected chi connectivity index (χ0v) is 23.2. The number of para-hydroxylation sites is 1. The number of benzene rings is 5. The van der Waals surface area contributed by atoms with Crippen LogP contribution >= 0.6 is 11.6 Å². The highest BCUT2D eigenvalue weighted by Gasteiger charge is 2.39. The molecule has 42 heavy (non-hydrogen) atoms. The van der Waals surface area contributed by atoms with Gasteiger partial charge in [-0.05, 0) is 46.2 Å².